The van der Waals surface area contributed by atoms with E-state index in [0.717, 1.165) is 17.3 Å². The second-order valence-electron chi connectivity index (χ2n) is 3.10. The molecule has 0 amide bonds. The molecule has 0 spiro atoms. The number of alkyl halides is 1. The minimum Gasteiger partial charge on any atom is -0.463 e. The van der Waals surface area contributed by atoms with Gasteiger partial charge in [-0.3, -0.25) is 0 Å². The lowest BCUT2D eigenvalue weighted by Crippen LogP contribution is -2.09. The molecule has 13 heavy (non-hydrogen) atoms. The molecule has 0 aromatic carbocycles. The molecule has 2 nitrogen and oxygen atoms in total. The van der Waals surface area contributed by atoms with Crippen molar-refractivity contribution >= 4 is 21.9 Å². The van der Waals surface area contributed by atoms with Gasteiger partial charge in [-0.1, -0.05) is 35.9 Å². The standard InChI is InChI=1S/C10H17BrO2/c1-4-13-10(12)9(5-6-11)7-8(2)3/h7-8H,4-6H2,1-3H3. The molecule has 0 saturated carbocycles. The normalized spacial score (nSPS) is 11.9. The first-order valence-corrected chi connectivity index (χ1v) is 5.67. The highest BCUT2D eigenvalue weighted by atomic mass is 79.9. The maximum atomic E-state index is 11.4. The van der Waals surface area contributed by atoms with E-state index in [4.69, 9.17) is 4.74 Å². The van der Waals surface area contributed by atoms with Crippen molar-refractivity contribution in [1.82, 2.24) is 0 Å². The number of hydrogen-bond donors (Lipinski definition) is 0. The third-order valence-corrected chi connectivity index (χ3v) is 1.83. The Morgan fingerprint density at radius 3 is 2.54 bits per heavy atom. The summed E-state index contributed by atoms with van der Waals surface area (Å²) in [5.74, 6) is 0.203. The van der Waals surface area contributed by atoms with Gasteiger partial charge >= 0.3 is 5.97 Å². The molecule has 0 saturated heterocycles. The zero-order valence-corrected chi connectivity index (χ0v) is 10.1. The van der Waals surface area contributed by atoms with Gasteiger partial charge in [-0.05, 0) is 19.3 Å². The fourth-order valence-corrected chi connectivity index (χ4v) is 1.41. The largest absolute Gasteiger partial charge is 0.463 e. The molecule has 0 rings (SSSR count). The van der Waals surface area contributed by atoms with Crippen LogP contribution in [0.2, 0.25) is 0 Å². The van der Waals surface area contributed by atoms with E-state index >= 15 is 0 Å². The van der Waals surface area contributed by atoms with Gasteiger partial charge < -0.3 is 4.74 Å². The summed E-state index contributed by atoms with van der Waals surface area (Å²) in [4.78, 5) is 11.4. The Bertz CT molecular complexity index is 185. The summed E-state index contributed by atoms with van der Waals surface area (Å²) in [6.45, 7) is 6.36. The van der Waals surface area contributed by atoms with Crippen molar-refractivity contribution in [2.24, 2.45) is 5.92 Å². The van der Waals surface area contributed by atoms with Crippen molar-refractivity contribution in [1.29, 1.82) is 0 Å². The predicted molar refractivity (Wildman–Crippen MR) is 58.0 cm³/mol. The summed E-state index contributed by atoms with van der Waals surface area (Å²) in [5.41, 5.74) is 0.772. The topological polar surface area (TPSA) is 26.3 Å². The monoisotopic (exact) mass is 248 g/mol. The average Bonchev–Trinajstić information content (AvgIpc) is 2.03. The van der Waals surface area contributed by atoms with E-state index in [1.807, 2.05) is 26.8 Å². The average molecular weight is 249 g/mol. The zero-order chi connectivity index (χ0) is 10.3. The molecule has 0 heterocycles. The highest BCUT2D eigenvalue weighted by Gasteiger charge is 2.09. The fourth-order valence-electron chi connectivity index (χ4n) is 0.981. The minimum absolute atomic E-state index is 0.185. The van der Waals surface area contributed by atoms with Crippen LogP contribution in [-0.2, 0) is 9.53 Å². The Balaban J connectivity index is 4.31. The molecule has 0 N–H and O–H groups in total. The van der Waals surface area contributed by atoms with Gasteiger partial charge in [0.25, 0.3) is 0 Å². The minimum atomic E-state index is -0.185. The van der Waals surface area contributed by atoms with Crippen molar-refractivity contribution in [3.8, 4) is 0 Å². The summed E-state index contributed by atoms with van der Waals surface area (Å²) in [6.07, 6.45) is 2.69. The van der Waals surface area contributed by atoms with Gasteiger partial charge in [-0.2, -0.15) is 0 Å². The number of esters is 1. The molecule has 0 bridgehead atoms. The fraction of sp³-hybridized carbons (Fsp3) is 0.700. The summed E-state index contributed by atoms with van der Waals surface area (Å²) in [5, 5.41) is 0.796. The van der Waals surface area contributed by atoms with Gasteiger partial charge in [0.2, 0.25) is 0 Å². The third-order valence-electron chi connectivity index (χ3n) is 1.44. The predicted octanol–water partition coefficient (Wildman–Crippen LogP) is 2.92. The Morgan fingerprint density at radius 1 is 1.54 bits per heavy atom. The molecule has 0 fully saturated rings. The van der Waals surface area contributed by atoms with E-state index in [0.29, 0.717) is 12.5 Å². The van der Waals surface area contributed by atoms with Crippen molar-refractivity contribution in [2.45, 2.75) is 27.2 Å². The van der Waals surface area contributed by atoms with E-state index in [1.54, 1.807) is 0 Å². The Kier molecular flexibility index (Phi) is 6.96. The summed E-state index contributed by atoms with van der Waals surface area (Å²) in [7, 11) is 0. The van der Waals surface area contributed by atoms with E-state index in [9.17, 15) is 4.79 Å². The first-order chi connectivity index (χ1) is 6.11. The van der Waals surface area contributed by atoms with Crippen molar-refractivity contribution < 1.29 is 9.53 Å². The molecule has 0 aliphatic carbocycles. The van der Waals surface area contributed by atoms with Crippen LogP contribution >= 0.6 is 15.9 Å². The van der Waals surface area contributed by atoms with Crippen LogP contribution in [-0.4, -0.2) is 17.9 Å². The highest BCUT2D eigenvalue weighted by Crippen LogP contribution is 2.10. The van der Waals surface area contributed by atoms with Crippen molar-refractivity contribution in [3.63, 3.8) is 0 Å². The van der Waals surface area contributed by atoms with E-state index < -0.39 is 0 Å². The Morgan fingerprint density at radius 2 is 2.15 bits per heavy atom. The van der Waals surface area contributed by atoms with E-state index in [1.165, 1.54) is 0 Å². The lowest BCUT2D eigenvalue weighted by atomic mass is 10.1. The van der Waals surface area contributed by atoms with Gasteiger partial charge in [0.1, 0.15) is 0 Å². The van der Waals surface area contributed by atoms with Crippen LogP contribution < -0.4 is 0 Å². The third kappa shape index (κ3) is 5.86. The second-order valence-corrected chi connectivity index (χ2v) is 3.89. The van der Waals surface area contributed by atoms with E-state index in [2.05, 4.69) is 15.9 Å². The molecule has 3 heteroatoms. The van der Waals surface area contributed by atoms with Crippen LogP contribution in [0.4, 0.5) is 0 Å². The molecule has 0 unspecified atom stereocenters. The first kappa shape index (κ1) is 12.7. The lowest BCUT2D eigenvalue weighted by molar-refractivity contribution is -0.138. The number of carbonyl (C=O) groups is 1. The second kappa shape index (κ2) is 7.13. The van der Waals surface area contributed by atoms with E-state index in [-0.39, 0.29) is 5.97 Å². The molecular weight excluding hydrogens is 232 g/mol. The smallest absolute Gasteiger partial charge is 0.333 e. The van der Waals surface area contributed by atoms with Gasteiger partial charge in [0, 0.05) is 10.9 Å². The van der Waals surface area contributed by atoms with Gasteiger partial charge in [-0.25, -0.2) is 4.79 Å². The summed E-state index contributed by atoms with van der Waals surface area (Å²) in [6, 6.07) is 0. The van der Waals surface area contributed by atoms with Crippen LogP contribution in [0, 0.1) is 5.92 Å². The lowest BCUT2D eigenvalue weighted by Gasteiger charge is -2.06. The van der Waals surface area contributed by atoms with Gasteiger partial charge in [0.15, 0.2) is 0 Å². The number of rotatable bonds is 5. The summed E-state index contributed by atoms with van der Waals surface area (Å²) >= 11 is 3.31. The molecule has 0 radical (unpaired) electrons. The molecular formula is C10H17BrO2. The highest BCUT2D eigenvalue weighted by molar-refractivity contribution is 9.09. The number of ether oxygens (including phenoxy) is 1. The quantitative estimate of drug-likeness (QED) is 0.425. The van der Waals surface area contributed by atoms with Gasteiger partial charge in [0.05, 0.1) is 6.61 Å². The molecule has 0 aliphatic rings. The van der Waals surface area contributed by atoms with Gasteiger partial charge in [-0.15, -0.1) is 0 Å². The van der Waals surface area contributed by atoms with Crippen LogP contribution in [0.1, 0.15) is 27.2 Å². The summed E-state index contributed by atoms with van der Waals surface area (Å²) < 4.78 is 4.93. The SMILES string of the molecule is CCOC(=O)C(=CC(C)C)CCBr. The number of allylic oxidation sites excluding steroid dienone is 1. The molecule has 76 valence electrons. The Labute approximate surface area is 88.5 Å². The van der Waals surface area contributed by atoms with Crippen molar-refractivity contribution in [3.05, 3.63) is 11.6 Å². The first-order valence-electron chi connectivity index (χ1n) is 4.55. The molecule has 0 aromatic heterocycles. The van der Waals surface area contributed by atoms with Crippen molar-refractivity contribution in [2.75, 3.05) is 11.9 Å². The number of carbonyl (C=O) groups excluding carboxylic acids is 1. The number of hydrogen-bond acceptors (Lipinski definition) is 2. The Hall–Kier alpha value is -0.310. The molecule has 0 aliphatic heterocycles. The van der Waals surface area contributed by atoms with Crippen LogP contribution in [0.3, 0.4) is 0 Å². The van der Waals surface area contributed by atoms with Crippen LogP contribution in [0.25, 0.3) is 0 Å². The van der Waals surface area contributed by atoms with Crippen LogP contribution in [0.5, 0.6) is 0 Å². The molecule has 0 aromatic rings. The number of halogens is 1. The maximum Gasteiger partial charge on any atom is 0.333 e. The molecule has 0 atom stereocenters. The zero-order valence-electron chi connectivity index (χ0n) is 8.47. The maximum absolute atomic E-state index is 11.4. The van der Waals surface area contributed by atoms with Crippen LogP contribution in [0.15, 0.2) is 11.6 Å².